The summed E-state index contributed by atoms with van der Waals surface area (Å²) >= 11 is 6.26. The number of nitrogens with zero attached hydrogens (tertiary/aromatic N) is 4. The van der Waals surface area contributed by atoms with Crippen LogP contribution in [0.2, 0.25) is 5.02 Å². The number of rotatable bonds is 6. The summed E-state index contributed by atoms with van der Waals surface area (Å²) in [5.41, 5.74) is 2.29. The lowest BCUT2D eigenvalue weighted by molar-refractivity contribution is -0.113. The fourth-order valence-corrected chi connectivity index (χ4v) is 5.66. The van der Waals surface area contributed by atoms with Gasteiger partial charge in [-0.25, -0.2) is 4.39 Å². The smallest absolute Gasteiger partial charge is 0.271 e. The summed E-state index contributed by atoms with van der Waals surface area (Å²) in [6.07, 6.45) is 12.7. The Morgan fingerprint density at radius 2 is 1.84 bits per heavy atom. The standard InChI is InChI=1S/C28H34ClFN6O/c29-25-19-22(30)7-6-21(25)20-34-13-2-3-24(10-14-34)35-15-17-36(18-16-35)27-5-1-4-26(33-27)28(37)32-23-8-11-31-12-9-23/h1,4-9,11-12,19,24,27,33H,2-3,10,13-18,20H2,(H,31,32,37). The number of dihydropyridines is 1. The monoisotopic (exact) mass is 524 g/mol. The van der Waals surface area contributed by atoms with E-state index in [0.29, 0.717) is 16.8 Å². The minimum absolute atomic E-state index is 0.00965. The van der Waals surface area contributed by atoms with Gasteiger partial charge in [0.2, 0.25) is 0 Å². The van der Waals surface area contributed by atoms with Gasteiger partial charge in [0.05, 0.1) is 6.17 Å². The van der Waals surface area contributed by atoms with Crippen molar-refractivity contribution in [1.82, 2.24) is 25.0 Å². The molecule has 3 aliphatic heterocycles. The maximum Gasteiger partial charge on any atom is 0.271 e. The van der Waals surface area contributed by atoms with Crippen LogP contribution in [0.3, 0.4) is 0 Å². The Labute approximate surface area is 223 Å². The third-order valence-electron chi connectivity index (χ3n) is 7.50. The molecule has 2 fully saturated rings. The molecular weight excluding hydrogens is 491 g/mol. The molecule has 37 heavy (non-hydrogen) atoms. The van der Waals surface area contributed by atoms with E-state index in [1.165, 1.54) is 18.6 Å². The third-order valence-corrected chi connectivity index (χ3v) is 7.85. The van der Waals surface area contributed by atoms with Crippen LogP contribution in [0.1, 0.15) is 24.8 Å². The van der Waals surface area contributed by atoms with Gasteiger partial charge in [-0.05, 0) is 74.3 Å². The zero-order valence-electron chi connectivity index (χ0n) is 21.0. The molecule has 0 radical (unpaired) electrons. The Kier molecular flexibility index (Phi) is 8.51. The van der Waals surface area contributed by atoms with Crippen molar-refractivity contribution < 1.29 is 9.18 Å². The number of pyridine rings is 1. The number of amides is 1. The topological polar surface area (TPSA) is 63.7 Å². The largest absolute Gasteiger partial charge is 0.362 e. The first-order valence-electron chi connectivity index (χ1n) is 13.1. The molecule has 1 amide bonds. The van der Waals surface area contributed by atoms with E-state index in [1.807, 2.05) is 12.2 Å². The van der Waals surface area contributed by atoms with E-state index in [4.69, 9.17) is 11.6 Å². The molecule has 3 aliphatic rings. The molecule has 7 nitrogen and oxygen atoms in total. The van der Waals surface area contributed by atoms with Crippen LogP contribution in [-0.4, -0.2) is 77.1 Å². The lowest BCUT2D eigenvalue weighted by Gasteiger charge is -2.42. The molecule has 9 heteroatoms. The van der Waals surface area contributed by atoms with Crippen molar-refractivity contribution in [3.63, 3.8) is 0 Å². The van der Waals surface area contributed by atoms with E-state index in [1.54, 1.807) is 30.6 Å². The van der Waals surface area contributed by atoms with Gasteiger partial charge in [0.25, 0.3) is 5.91 Å². The van der Waals surface area contributed by atoms with Crippen molar-refractivity contribution in [2.75, 3.05) is 44.6 Å². The number of halogens is 2. The van der Waals surface area contributed by atoms with Gasteiger partial charge < -0.3 is 10.6 Å². The second-order valence-electron chi connectivity index (χ2n) is 9.91. The van der Waals surface area contributed by atoms with Crippen LogP contribution < -0.4 is 10.6 Å². The van der Waals surface area contributed by atoms with Crippen LogP contribution in [0, 0.1) is 5.82 Å². The van der Waals surface area contributed by atoms with Crippen molar-refractivity contribution in [1.29, 1.82) is 0 Å². The minimum atomic E-state index is -0.289. The lowest BCUT2D eigenvalue weighted by Crippen LogP contribution is -2.56. The molecular formula is C28H34ClFN6O. The van der Waals surface area contributed by atoms with Gasteiger partial charge >= 0.3 is 0 Å². The number of hydrogen-bond acceptors (Lipinski definition) is 6. The van der Waals surface area contributed by atoms with Gasteiger partial charge in [-0.15, -0.1) is 0 Å². The summed E-state index contributed by atoms with van der Waals surface area (Å²) in [6, 6.07) is 8.82. The summed E-state index contributed by atoms with van der Waals surface area (Å²) < 4.78 is 13.4. The molecule has 1 aromatic heterocycles. The van der Waals surface area contributed by atoms with Gasteiger partial charge in [-0.3, -0.25) is 24.5 Å². The fourth-order valence-electron chi connectivity index (χ4n) is 5.43. The zero-order chi connectivity index (χ0) is 25.6. The van der Waals surface area contributed by atoms with E-state index >= 15 is 0 Å². The molecule has 0 aliphatic carbocycles. The quantitative estimate of drug-likeness (QED) is 0.598. The molecule has 0 bridgehead atoms. The van der Waals surface area contributed by atoms with Gasteiger partial charge in [0.15, 0.2) is 0 Å². The summed E-state index contributed by atoms with van der Waals surface area (Å²) in [5.74, 6) is -0.438. The number of likely N-dealkylation sites (tertiary alicyclic amines) is 1. The Morgan fingerprint density at radius 1 is 1.05 bits per heavy atom. The second-order valence-corrected chi connectivity index (χ2v) is 10.3. The number of allylic oxidation sites excluding steroid dienone is 2. The van der Waals surface area contributed by atoms with Gasteiger partial charge in [-0.2, -0.15) is 0 Å². The van der Waals surface area contributed by atoms with E-state index in [-0.39, 0.29) is 17.9 Å². The van der Waals surface area contributed by atoms with Crippen LogP contribution in [0.5, 0.6) is 0 Å². The molecule has 196 valence electrons. The Bertz CT molecular complexity index is 1130. The summed E-state index contributed by atoms with van der Waals surface area (Å²) in [5, 5.41) is 6.82. The third kappa shape index (κ3) is 6.76. The molecule has 2 aromatic rings. The van der Waals surface area contributed by atoms with Gasteiger partial charge in [-0.1, -0.05) is 23.7 Å². The maximum atomic E-state index is 13.4. The predicted molar refractivity (Wildman–Crippen MR) is 144 cm³/mol. The first kappa shape index (κ1) is 25.9. The number of hydrogen-bond donors (Lipinski definition) is 2. The number of aromatic nitrogens is 1. The average molecular weight is 525 g/mol. The average Bonchev–Trinajstić information content (AvgIpc) is 3.17. The van der Waals surface area contributed by atoms with Crippen LogP contribution in [-0.2, 0) is 11.3 Å². The van der Waals surface area contributed by atoms with Crippen LogP contribution >= 0.6 is 11.6 Å². The van der Waals surface area contributed by atoms with Gasteiger partial charge in [0, 0.05) is 61.9 Å². The number of piperazine rings is 1. The molecule has 2 N–H and O–H groups in total. The first-order valence-corrected chi connectivity index (χ1v) is 13.4. The summed E-state index contributed by atoms with van der Waals surface area (Å²) in [6.45, 7) is 6.76. The molecule has 1 aromatic carbocycles. The fraction of sp³-hybridized carbons (Fsp3) is 0.429. The lowest BCUT2D eigenvalue weighted by atomic mass is 10.1. The molecule has 0 saturated carbocycles. The number of benzene rings is 1. The SMILES string of the molecule is O=C(Nc1ccncc1)C1=CC=CC(N2CCN(C3CCCN(Cc4ccc(F)cc4Cl)CC3)CC2)N1. The summed E-state index contributed by atoms with van der Waals surface area (Å²) in [7, 11) is 0. The molecule has 2 unspecified atom stereocenters. The highest BCUT2D eigenvalue weighted by molar-refractivity contribution is 6.31. The summed E-state index contributed by atoms with van der Waals surface area (Å²) in [4.78, 5) is 24.2. The van der Waals surface area contributed by atoms with Crippen molar-refractivity contribution >= 4 is 23.2 Å². The molecule has 0 spiro atoms. The normalized spacial score (nSPS) is 23.7. The van der Waals surface area contributed by atoms with Crippen molar-refractivity contribution in [3.05, 3.63) is 83.1 Å². The van der Waals surface area contributed by atoms with Crippen LogP contribution in [0.4, 0.5) is 10.1 Å². The van der Waals surface area contributed by atoms with Gasteiger partial charge in [0.1, 0.15) is 11.5 Å². The highest BCUT2D eigenvalue weighted by Crippen LogP contribution is 2.24. The highest BCUT2D eigenvalue weighted by atomic mass is 35.5. The number of carbonyl (C=O) groups is 1. The Balaban J connectivity index is 1.08. The number of carbonyl (C=O) groups excluding carboxylic acids is 1. The van der Waals surface area contributed by atoms with Crippen LogP contribution in [0.15, 0.2) is 66.7 Å². The van der Waals surface area contributed by atoms with Crippen molar-refractivity contribution in [2.24, 2.45) is 0 Å². The first-order chi connectivity index (χ1) is 18.0. The maximum absolute atomic E-state index is 13.4. The molecule has 5 rings (SSSR count). The number of anilines is 1. The van der Waals surface area contributed by atoms with E-state index in [2.05, 4.69) is 36.4 Å². The zero-order valence-corrected chi connectivity index (χ0v) is 21.7. The predicted octanol–water partition coefficient (Wildman–Crippen LogP) is 3.85. The second kappa shape index (κ2) is 12.2. The molecule has 2 atom stereocenters. The van der Waals surface area contributed by atoms with Crippen LogP contribution in [0.25, 0.3) is 0 Å². The van der Waals surface area contributed by atoms with Crippen molar-refractivity contribution in [2.45, 2.75) is 38.0 Å². The minimum Gasteiger partial charge on any atom is -0.362 e. The van der Waals surface area contributed by atoms with E-state index < -0.39 is 0 Å². The Hall–Kier alpha value is -2.78. The van der Waals surface area contributed by atoms with E-state index in [0.717, 1.165) is 69.9 Å². The van der Waals surface area contributed by atoms with Crippen molar-refractivity contribution in [3.8, 4) is 0 Å². The molecule has 2 saturated heterocycles. The highest BCUT2D eigenvalue weighted by Gasteiger charge is 2.29. The number of nitrogens with one attached hydrogen (secondary N) is 2. The molecule has 4 heterocycles. The Morgan fingerprint density at radius 3 is 2.62 bits per heavy atom. The van der Waals surface area contributed by atoms with E-state index in [9.17, 15) is 9.18 Å².